The standard InChI is InChI=1S/C10H16N2O3/c1-15-7-5-3-2-4-6(7)8-9(13)12-10(14)11-8/h6-8H,2-5H2,1H3,(H2,11,12,13,14)/t6-,7-,8+/m1/s1. The first kappa shape index (κ1) is 10.4. The molecule has 1 saturated carbocycles. The number of urea groups is 1. The summed E-state index contributed by atoms with van der Waals surface area (Å²) in [6.45, 7) is 0. The fourth-order valence-electron chi connectivity index (χ4n) is 2.53. The lowest BCUT2D eigenvalue weighted by molar-refractivity contribution is -0.123. The molecule has 0 radical (unpaired) electrons. The normalized spacial score (nSPS) is 36.2. The topological polar surface area (TPSA) is 67.4 Å². The molecule has 1 aliphatic heterocycles. The monoisotopic (exact) mass is 212 g/mol. The van der Waals surface area contributed by atoms with E-state index in [2.05, 4.69) is 10.6 Å². The van der Waals surface area contributed by atoms with E-state index in [1.165, 1.54) is 0 Å². The zero-order chi connectivity index (χ0) is 10.8. The third-order valence-electron chi connectivity index (χ3n) is 3.29. The summed E-state index contributed by atoms with van der Waals surface area (Å²) in [6.07, 6.45) is 4.24. The zero-order valence-electron chi connectivity index (χ0n) is 8.79. The number of hydrogen-bond donors (Lipinski definition) is 2. The molecule has 3 atom stereocenters. The Hall–Kier alpha value is -1.10. The molecule has 0 aromatic carbocycles. The first-order chi connectivity index (χ1) is 7.22. The lowest BCUT2D eigenvalue weighted by Crippen LogP contribution is -2.45. The Morgan fingerprint density at radius 2 is 2.00 bits per heavy atom. The van der Waals surface area contributed by atoms with Gasteiger partial charge in [0.25, 0.3) is 5.91 Å². The molecule has 84 valence electrons. The minimum Gasteiger partial charge on any atom is -0.381 e. The van der Waals surface area contributed by atoms with Gasteiger partial charge in [-0.25, -0.2) is 4.79 Å². The summed E-state index contributed by atoms with van der Waals surface area (Å²) in [5.41, 5.74) is 0. The third-order valence-corrected chi connectivity index (χ3v) is 3.29. The zero-order valence-corrected chi connectivity index (χ0v) is 8.79. The van der Waals surface area contributed by atoms with E-state index in [-0.39, 0.29) is 24.0 Å². The predicted octanol–water partition coefficient (Wildman–Crippen LogP) is 0.400. The van der Waals surface area contributed by atoms with Crippen molar-refractivity contribution >= 4 is 11.9 Å². The van der Waals surface area contributed by atoms with E-state index in [9.17, 15) is 9.59 Å². The Bertz CT molecular complexity index is 280. The largest absolute Gasteiger partial charge is 0.381 e. The summed E-state index contributed by atoms with van der Waals surface area (Å²) in [5, 5.41) is 4.92. The maximum atomic E-state index is 11.5. The Labute approximate surface area is 88.5 Å². The van der Waals surface area contributed by atoms with E-state index >= 15 is 0 Å². The molecule has 5 nitrogen and oxygen atoms in total. The molecule has 1 aliphatic carbocycles. The van der Waals surface area contributed by atoms with Crippen LogP contribution in [0.1, 0.15) is 25.7 Å². The predicted molar refractivity (Wildman–Crippen MR) is 53.2 cm³/mol. The minimum atomic E-state index is -0.400. The van der Waals surface area contributed by atoms with Crippen molar-refractivity contribution in [2.75, 3.05) is 7.11 Å². The van der Waals surface area contributed by atoms with Gasteiger partial charge in [-0.1, -0.05) is 12.8 Å². The van der Waals surface area contributed by atoms with E-state index in [1.807, 2.05) is 0 Å². The van der Waals surface area contributed by atoms with Gasteiger partial charge in [0.2, 0.25) is 0 Å². The number of carbonyl (C=O) groups is 2. The van der Waals surface area contributed by atoms with Crippen LogP contribution in [0.3, 0.4) is 0 Å². The van der Waals surface area contributed by atoms with Gasteiger partial charge in [-0.05, 0) is 12.8 Å². The fraction of sp³-hybridized carbons (Fsp3) is 0.800. The SMILES string of the molecule is CO[C@@H]1CCCC[C@H]1[C@@H]1NC(=O)NC1=O. The smallest absolute Gasteiger partial charge is 0.322 e. The van der Waals surface area contributed by atoms with Gasteiger partial charge in [0.1, 0.15) is 6.04 Å². The summed E-state index contributed by atoms with van der Waals surface area (Å²) < 4.78 is 5.37. The van der Waals surface area contributed by atoms with Crippen LogP contribution >= 0.6 is 0 Å². The maximum absolute atomic E-state index is 11.5. The van der Waals surface area contributed by atoms with Crippen molar-refractivity contribution in [2.45, 2.75) is 37.8 Å². The van der Waals surface area contributed by atoms with Gasteiger partial charge >= 0.3 is 6.03 Å². The molecule has 1 heterocycles. The molecule has 0 bridgehead atoms. The van der Waals surface area contributed by atoms with Crippen LogP contribution in [0.2, 0.25) is 0 Å². The van der Waals surface area contributed by atoms with Crippen molar-refractivity contribution in [1.29, 1.82) is 0 Å². The van der Waals surface area contributed by atoms with E-state index in [4.69, 9.17) is 4.74 Å². The van der Waals surface area contributed by atoms with Crippen molar-refractivity contribution < 1.29 is 14.3 Å². The quantitative estimate of drug-likeness (QED) is 0.651. The van der Waals surface area contributed by atoms with Crippen molar-refractivity contribution in [3.8, 4) is 0 Å². The van der Waals surface area contributed by atoms with Crippen LogP contribution in [-0.4, -0.2) is 31.2 Å². The van der Waals surface area contributed by atoms with E-state index in [1.54, 1.807) is 7.11 Å². The molecule has 15 heavy (non-hydrogen) atoms. The molecular weight excluding hydrogens is 196 g/mol. The number of carbonyl (C=O) groups excluding carboxylic acids is 2. The van der Waals surface area contributed by atoms with Crippen LogP contribution < -0.4 is 10.6 Å². The number of methoxy groups -OCH3 is 1. The van der Waals surface area contributed by atoms with Gasteiger partial charge in [0, 0.05) is 13.0 Å². The summed E-state index contributed by atoms with van der Waals surface area (Å²) in [5.74, 6) is -0.0934. The Balaban J connectivity index is 2.07. The average Bonchev–Trinajstić information content (AvgIpc) is 2.57. The van der Waals surface area contributed by atoms with Crippen LogP contribution in [-0.2, 0) is 9.53 Å². The van der Waals surface area contributed by atoms with Gasteiger partial charge in [-0.3, -0.25) is 10.1 Å². The molecule has 0 aromatic heterocycles. The highest BCUT2D eigenvalue weighted by atomic mass is 16.5. The van der Waals surface area contributed by atoms with Gasteiger partial charge in [0.15, 0.2) is 0 Å². The summed E-state index contributed by atoms with van der Waals surface area (Å²) in [4.78, 5) is 22.5. The highest BCUT2D eigenvalue weighted by Gasteiger charge is 2.41. The van der Waals surface area contributed by atoms with Gasteiger partial charge < -0.3 is 10.1 Å². The van der Waals surface area contributed by atoms with E-state index in [0.29, 0.717) is 0 Å². The molecule has 2 aliphatic rings. The first-order valence-corrected chi connectivity index (χ1v) is 5.36. The number of imide groups is 1. The molecule has 3 amide bonds. The lowest BCUT2D eigenvalue weighted by atomic mass is 9.81. The number of hydrogen-bond acceptors (Lipinski definition) is 3. The lowest BCUT2D eigenvalue weighted by Gasteiger charge is -2.32. The van der Waals surface area contributed by atoms with Crippen molar-refractivity contribution in [3.63, 3.8) is 0 Å². The second-order valence-electron chi connectivity index (χ2n) is 4.16. The molecular formula is C10H16N2O3. The Morgan fingerprint density at radius 3 is 2.60 bits per heavy atom. The van der Waals surface area contributed by atoms with Gasteiger partial charge in [-0.15, -0.1) is 0 Å². The minimum absolute atomic E-state index is 0.0906. The molecule has 2 rings (SSSR count). The Kier molecular flexibility index (Phi) is 2.90. The fourth-order valence-corrected chi connectivity index (χ4v) is 2.53. The summed E-state index contributed by atoms with van der Waals surface area (Å²) >= 11 is 0. The molecule has 0 spiro atoms. The van der Waals surface area contributed by atoms with Gasteiger partial charge in [-0.2, -0.15) is 0 Å². The number of nitrogens with one attached hydrogen (secondary N) is 2. The molecule has 5 heteroatoms. The maximum Gasteiger partial charge on any atom is 0.322 e. The summed E-state index contributed by atoms with van der Waals surface area (Å²) in [7, 11) is 1.66. The molecule has 2 N–H and O–H groups in total. The second-order valence-corrected chi connectivity index (χ2v) is 4.16. The highest BCUT2D eigenvalue weighted by Crippen LogP contribution is 2.30. The van der Waals surface area contributed by atoms with E-state index < -0.39 is 6.04 Å². The second kappa shape index (κ2) is 4.18. The molecule has 2 fully saturated rings. The average molecular weight is 212 g/mol. The number of rotatable bonds is 2. The number of ether oxygens (including phenoxy) is 1. The Morgan fingerprint density at radius 1 is 1.27 bits per heavy atom. The van der Waals surface area contributed by atoms with Crippen LogP contribution in [0.15, 0.2) is 0 Å². The van der Waals surface area contributed by atoms with Crippen LogP contribution in [0.25, 0.3) is 0 Å². The molecule has 0 aromatic rings. The summed E-state index contributed by atoms with van der Waals surface area (Å²) in [6, 6.07) is -0.784. The highest BCUT2D eigenvalue weighted by molar-refractivity contribution is 6.04. The van der Waals surface area contributed by atoms with Crippen molar-refractivity contribution in [2.24, 2.45) is 5.92 Å². The first-order valence-electron chi connectivity index (χ1n) is 5.36. The third kappa shape index (κ3) is 1.97. The van der Waals surface area contributed by atoms with Crippen molar-refractivity contribution in [3.05, 3.63) is 0 Å². The number of amides is 3. The molecule has 1 saturated heterocycles. The van der Waals surface area contributed by atoms with Crippen LogP contribution in [0.4, 0.5) is 4.79 Å². The van der Waals surface area contributed by atoms with Gasteiger partial charge in [0.05, 0.1) is 6.10 Å². The van der Waals surface area contributed by atoms with Crippen LogP contribution in [0.5, 0.6) is 0 Å². The van der Waals surface area contributed by atoms with E-state index in [0.717, 1.165) is 25.7 Å². The molecule has 0 unspecified atom stereocenters. The van der Waals surface area contributed by atoms with Crippen LogP contribution in [0, 0.1) is 5.92 Å². The van der Waals surface area contributed by atoms with Crippen molar-refractivity contribution in [1.82, 2.24) is 10.6 Å².